The topological polar surface area (TPSA) is 76.9 Å². The van der Waals surface area contributed by atoms with Gasteiger partial charge < -0.3 is 15.1 Å². The van der Waals surface area contributed by atoms with Crippen LogP contribution < -0.4 is 10.2 Å². The van der Waals surface area contributed by atoms with Crippen molar-refractivity contribution in [2.24, 2.45) is 0 Å². The van der Waals surface area contributed by atoms with Crippen molar-refractivity contribution < 1.29 is 10.0 Å². The first kappa shape index (κ1) is 27.0. The number of rotatable bonds is 7. The van der Waals surface area contributed by atoms with Gasteiger partial charge in [0.2, 0.25) is 0 Å². The van der Waals surface area contributed by atoms with Gasteiger partial charge in [-0.3, -0.25) is 9.80 Å². The molecule has 2 amide bonds. The summed E-state index contributed by atoms with van der Waals surface area (Å²) < 4.78 is 2.51. The van der Waals surface area contributed by atoms with Crippen molar-refractivity contribution in [1.82, 2.24) is 19.5 Å². The number of carbonyl (C=O) groups is 1. The molecule has 1 unspecified atom stereocenters. The van der Waals surface area contributed by atoms with Crippen LogP contribution >= 0.6 is 0 Å². The molecule has 3 aromatic rings. The molecule has 0 spiro atoms. The SMILES string of the molecule is Cc1ccc(NC(=O)N(CCCN2[C@@H]3CCC[C@H]2CC(n2c(C)nc4c2CCN(O)C4)C3)c2ccccc2)cc1. The van der Waals surface area contributed by atoms with Crippen LogP contribution in [0.3, 0.4) is 0 Å². The Morgan fingerprint density at radius 3 is 2.48 bits per heavy atom. The van der Waals surface area contributed by atoms with Crippen LogP contribution in [0.1, 0.15) is 67.3 Å². The summed E-state index contributed by atoms with van der Waals surface area (Å²) in [6.45, 7) is 7.07. The molecule has 0 aliphatic carbocycles. The van der Waals surface area contributed by atoms with Gasteiger partial charge in [-0.2, -0.15) is 5.06 Å². The fourth-order valence-corrected chi connectivity index (χ4v) is 7.23. The van der Waals surface area contributed by atoms with Gasteiger partial charge in [-0.25, -0.2) is 9.78 Å². The Kier molecular flexibility index (Phi) is 7.91. The molecule has 2 aromatic carbocycles. The number of para-hydroxylation sites is 1. The number of nitrogens with one attached hydrogen (secondary N) is 1. The molecule has 0 saturated carbocycles. The van der Waals surface area contributed by atoms with Gasteiger partial charge in [-0.05, 0) is 70.2 Å². The third-order valence-electron chi connectivity index (χ3n) is 9.09. The highest BCUT2D eigenvalue weighted by molar-refractivity contribution is 6.01. The lowest BCUT2D eigenvalue weighted by Gasteiger charge is -2.50. The average molecular weight is 543 g/mol. The van der Waals surface area contributed by atoms with E-state index in [0.717, 1.165) is 55.1 Å². The second kappa shape index (κ2) is 11.7. The van der Waals surface area contributed by atoms with Gasteiger partial charge in [0, 0.05) is 61.2 Å². The number of nitrogens with zero attached hydrogens (tertiary/aromatic N) is 5. The Morgan fingerprint density at radius 1 is 1.02 bits per heavy atom. The number of urea groups is 1. The van der Waals surface area contributed by atoms with Gasteiger partial charge in [-0.1, -0.05) is 42.3 Å². The first-order valence-corrected chi connectivity index (χ1v) is 14.9. The smallest absolute Gasteiger partial charge is 0.326 e. The van der Waals surface area contributed by atoms with Crippen LogP contribution in [0.2, 0.25) is 0 Å². The Hall–Kier alpha value is -3.20. The Labute approximate surface area is 237 Å². The summed E-state index contributed by atoms with van der Waals surface area (Å²) in [5.41, 5.74) is 5.29. The van der Waals surface area contributed by atoms with E-state index in [2.05, 4.69) is 21.7 Å². The van der Waals surface area contributed by atoms with Crippen LogP contribution in [0.4, 0.5) is 16.2 Å². The zero-order chi connectivity index (χ0) is 27.6. The van der Waals surface area contributed by atoms with E-state index >= 15 is 0 Å². The van der Waals surface area contributed by atoms with Crippen molar-refractivity contribution in [3.05, 3.63) is 77.4 Å². The average Bonchev–Trinajstić information content (AvgIpc) is 3.27. The number of hydrogen-bond acceptors (Lipinski definition) is 5. The maximum atomic E-state index is 13.4. The van der Waals surface area contributed by atoms with Crippen LogP contribution in [0.25, 0.3) is 0 Å². The van der Waals surface area contributed by atoms with E-state index in [1.165, 1.54) is 35.6 Å². The third-order valence-corrected chi connectivity index (χ3v) is 9.09. The lowest BCUT2D eigenvalue weighted by molar-refractivity contribution is -0.104. The predicted octanol–water partition coefficient (Wildman–Crippen LogP) is 5.93. The van der Waals surface area contributed by atoms with E-state index in [4.69, 9.17) is 4.98 Å². The number of imidazole rings is 1. The molecular formula is C32H42N6O2. The molecule has 6 rings (SSSR count). The summed E-state index contributed by atoms with van der Waals surface area (Å²) in [7, 11) is 0. The number of aromatic nitrogens is 2. The summed E-state index contributed by atoms with van der Waals surface area (Å²) in [4.78, 5) is 22.9. The standard InChI is InChI=1S/C32H42N6O2/c1-23-12-14-25(15-13-23)34-32(39)37(26-8-4-3-5-9-26)18-7-17-36-27-10-6-11-28(36)21-29(20-27)38-24(2)33-30-22-35(40)19-16-31(30)38/h3-5,8-9,12-15,27-29,40H,6-7,10-11,16-22H2,1-2H3,(H,34,39)/t27-,28+,29?. The predicted molar refractivity (Wildman–Crippen MR) is 158 cm³/mol. The van der Waals surface area contributed by atoms with Crippen molar-refractivity contribution in [1.29, 1.82) is 0 Å². The number of hydrogen-bond donors (Lipinski definition) is 2. The van der Waals surface area contributed by atoms with Gasteiger partial charge in [0.05, 0.1) is 12.2 Å². The quantitative estimate of drug-likeness (QED) is 0.387. The molecule has 4 heterocycles. The monoisotopic (exact) mass is 542 g/mol. The summed E-state index contributed by atoms with van der Waals surface area (Å²) in [6, 6.07) is 19.5. The van der Waals surface area contributed by atoms with Crippen molar-refractivity contribution in [3.8, 4) is 0 Å². The Bertz CT molecular complexity index is 1290. The maximum absolute atomic E-state index is 13.4. The summed E-state index contributed by atoms with van der Waals surface area (Å²) >= 11 is 0. The molecule has 1 aromatic heterocycles. The van der Waals surface area contributed by atoms with Crippen LogP contribution in [0.15, 0.2) is 54.6 Å². The van der Waals surface area contributed by atoms with Crippen LogP contribution in [0.5, 0.6) is 0 Å². The van der Waals surface area contributed by atoms with Gasteiger partial charge in [0.15, 0.2) is 0 Å². The van der Waals surface area contributed by atoms with Gasteiger partial charge in [0.1, 0.15) is 5.82 Å². The van der Waals surface area contributed by atoms with Gasteiger partial charge >= 0.3 is 6.03 Å². The molecule has 0 radical (unpaired) electrons. The lowest BCUT2D eigenvalue weighted by Crippen LogP contribution is -2.53. The fourth-order valence-electron chi connectivity index (χ4n) is 7.23. The zero-order valence-electron chi connectivity index (χ0n) is 23.8. The number of hydroxylamine groups is 2. The van der Waals surface area contributed by atoms with Crippen molar-refractivity contribution in [2.75, 3.05) is 29.9 Å². The van der Waals surface area contributed by atoms with Crippen molar-refractivity contribution >= 4 is 17.4 Å². The molecule has 3 aliphatic heterocycles. The second-order valence-corrected chi connectivity index (χ2v) is 11.8. The molecule has 2 bridgehead atoms. The summed E-state index contributed by atoms with van der Waals surface area (Å²) in [5, 5.41) is 14.5. The minimum Gasteiger partial charge on any atom is -0.329 e. The summed E-state index contributed by atoms with van der Waals surface area (Å²) in [5.74, 6) is 1.09. The first-order chi connectivity index (χ1) is 19.5. The van der Waals surface area contributed by atoms with E-state index < -0.39 is 0 Å². The van der Waals surface area contributed by atoms with E-state index in [9.17, 15) is 10.0 Å². The number of carbonyl (C=O) groups excluding carboxylic acids is 1. The van der Waals surface area contributed by atoms with Crippen LogP contribution in [-0.2, 0) is 13.0 Å². The van der Waals surface area contributed by atoms with Crippen LogP contribution in [-0.4, -0.2) is 62.5 Å². The fraction of sp³-hybridized carbons (Fsp3) is 0.500. The molecule has 8 heteroatoms. The lowest BCUT2D eigenvalue weighted by atomic mass is 9.81. The molecule has 8 nitrogen and oxygen atoms in total. The second-order valence-electron chi connectivity index (χ2n) is 11.8. The minimum absolute atomic E-state index is 0.0873. The highest BCUT2D eigenvalue weighted by atomic mass is 16.5. The number of amides is 2. The van der Waals surface area contributed by atoms with Gasteiger partial charge in [0.25, 0.3) is 0 Å². The molecule has 2 fully saturated rings. The number of fused-ring (bicyclic) bond motifs is 3. The molecule has 2 saturated heterocycles. The van der Waals surface area contributed by atoms with E-state index in [0.29, 0.717) is 37.8 Å². The number of anilines is 2. The van der Waals surface area contributed by atoms with Crippen molar-refractivity contribution in [3.63, 3.8) is 0 Å². The zero-order valence-corrected chi connectivity index (χ0v) is 23.8. The van der Waals surface area contributed by atoms with Gasteiger partial charge in [-0.15, -0.1) is 0 Å². The first-order valence-electron chi connectivity index (χ1n) is 14.9. The van der Waals surface area contributed by atoms with E-state index in [-0.39, 0.29) is 6.03 Å². The molecule has 212 valence electrons. The molecule has 3 aliphatic rings. The number of benzene rings is 2. The number of aryl methyl sites for hydroxylation is 2. The molecule has 40 heavy (non-hydrogen) atoms. The normalized spacial score (nSPS) is 23.0. The van der Waals surface area contributed by atoms with E-state index in [1.54, 1.807) is 0 Å². The van der Waals surface area contributed by atoms with E-state index in [1.807, 2.05) is 66.4 Å². The molecule has 2 N–H and O–H groups in total. The third kappa shape index (κ3) is 5.66. The van der Waals surface area contributed by atoms with Crippen molar-refractivity contribution in [2.45, 2.75) is 83.5 Å². The molecular weight excluding hydrogens is 500 g/mol. The largest absolute Gasteiger partial charge is 0.329 e. The highest BCUT2D eigenvalue weighted by Gasteiger charge is 2.40. The van der Waals surface area contributed by atoms with Crippen LogP contribution in [0, 0.1) is 13.8 Å². The highest BCUT2D eigenvalue weighted by Crippen LogP contribution is 2.41. The summed E-state index contributed by atoms with van der Waals surface area (Å²) in [6.07, 6.45) is 7.88. The molecule has 3 atom stereocenters. The Balaban J connectivity index is 1.12. The maximum Gasteiger partial charge on any atom is 0.326 e. The minimum atomic E-state index is -0.0873. The Morgan fingerprint density at radius 2 is 1.75 bits per heavy atom. The number of piperidine rings is 2.